The number of halogens is 1. The minimum atomic E-state index is -0.270. The van der Waals surface area contributed by atoms with E-state index in [1.54, 1.807) is 7.11 Å². The fraction of sp³-hybridized carbons (Fsp3) is 1.00. The Hall–Kier alpha value is 0.170. The molecule has 0 amide bonds. The lowest BCUT2D eigenvalue weighted by atomic mass is 9.82. The molecule has 0 saturated carbocycles. The van der Waals surface area contributed by atoms with Crippen molar-refractivity contribution in [2.45, 2.75) is 82.5 Å². The van der Waals surface area contributed by atoms with Crippen LogP contribution in [-0.2, 0) is 9.47 Å². The number of hydrogen-bond donors (Lipinski definition) is 1. The summed E-state index contributed by atoms with van der Waals surface area (Å²) in [6.07, 6.45) is 5.28. The van der Waals surface area contributed by atoms with Crippen LogP contribution in [0.4, 0.5) is 0 Å². The summed E-state index contributed by atoms with van der Waals surface area (Å²) >= 11 is 6.03. The SMILES string of the molecule is CCOC1CC(C)(C)NC(CCCC(C)Cl)(OC)C1. The molecule has 0 bridgehead atoms. The van der Waals surface area contributed by atoms with E-state index in [2.05, 4.69) is 26.1 Å². The van der Waals surface area contributed by atoms with E-state index in [1.807, 2.05) is 6.92 Å². The molecule has 3 atom stereocenters. The summed E-state index contributed by atoms with van der Waals surface area (Å²) in [5, 5.41) is 3.90. The van der Waals surface area contributed by atoms with Gasteiger partial charge in [0.1, 0.15) is 5.72 Å². The lowest BCUT2D eigenvalue weighted by Crippen LogP contribution is -2.63. The van der Waals surface area contributed by atoms with Crippen LogP contribution in [0.1, 0.15) is 59.8 Å². The van der Waals surface area contributed by atoms with E-state index in [0.29, 0.717) is 0 Å². The molecule has 114 valence electrons. The quantitative estimate of drug-likeness (QED) is 0.726. The molecule has 0 aliphatic carbocycles. The molecule has 1 rings (SSSR count). The van der Waals surface area contributed by atoms with E-state index in [9.17, 15) is 0 Å². The van der Waals surface area contributed by atoms with Gasteiger partial charge in [-0.15, -0.1) is 11.6 Å². The van der Waals surface area contributed by atoms with E-state index < -0.39 is 0 Å². The van der Waals surface area contributed by atoms with Crippen molar-refractivity contribution >= 4 is 11.6 Å². The summed E-state index contributed by atoms with van der Waals surface area (Å²) in [5.74, 6) is 0. The Balaban J connectivity index is 2.67. The highest BCUT2D eigenvalue weighted by atomic mass is 35.5. The molecule has 3 nitrogen and oxygen atoms in total. The van der Waals surface area contributed by atoms with Crippen LogP contribution in [0, 0.1) is 0 Å². The highest BCUT2D eigenvalue weighted by Gasteiger charge is 2.43. The first kappa shape index (κ1) is 17.2. The van der Waals surface area contributed by atoms with Gasteiger partial charge in [-0.3, -0.25) is 5.32 Å². The van der Waals surface area contributed by atoms with Crippen LogP contribution in [0.5, 0.6) is 0 Å². The number of nitrogens with one attached hydrogen (secondary N) is 1. The second-order valence-corrected chi connectivity index (χ2v) is 7.11. The van der Waals surface area contributed by atoms with Crippen LogP contribution in [0.25, 0.3) is 0 Å². The van der Waals surface area contributed by atoms with Gasteiger partial charge in [-0.25, -0.2) is 0 Å². The monoisotopic (exact) mass is 291 g/mol. The molecule has 4 heteroatoms. The van der Waals surface area contributed by atoms with E-state index in [0.717, 1.165) is 38.7 Å². The topological polar surface area (TPSA) is 30.5 Å². The molecule has 1 aliphatic rings. The molecule has 0 aromatic heterocycles. The molecule has 1 N–H and O–H groups in total. The average molecular weight is 292 g/mol. The largest absolute Gasteiger partial charge is 0.378 e. The highest BCUT2D eigenvalue weighted by Crippen LogP contribution is 2.34. The van der Waals surface area contributed by atoms with Crippen molar-refractivity contribution in [2.24, 2.45) is 0 Å². The van der Waals surface area contributed by atoms with Crippen LogP contribution in [0.3, 0.4) is 0 Å². The van der Waals surface area contributed by atoms with Gasteiger partial charge in [0, 0.05) is 31.1 Å². The molecule has 0 aromatic carbocycles. The van der Waals surface area contributed by atoms with Gasteiger partial charge in [0.2, 0.25) is 0 Å². The van der Waals surface area contributed by atoms with E-state index >= 15 is 0 Å². The van der Waals surface area contributed by atoms with Gasteiger partial charge >= 0.3 is 0 Å². The fourth-order valence-corrected chi connectivity index (χ4v) is 3.31. The summed E-state index contributed by atoms with van der Waals surface area (Å²) in [5.41, 5.74) is -0.228. The third kappa shape index (κ3) is 5.58. The van der Waals surface area contributed by atoms with Crippen molar-refractivity contribution < 1.29 is 9.47 Å². The molecule has 1 saturated heterocycles. The molecule has 19 heavy (non-hydrogen) atoms. The predicted molar refractivity (Wildman–Crippen MR) is 80.8 cm³/mol. The Morgan fingerprint density at radius 3 is 2.58 bits per heavy atom. The van der Waals surface area contributed by atoms with Crippen molar-refractivity contribution in [3.05, 3.63) is 0 Å². The Bertz CT molecular complexity index is 271. The third-order valence-electron chi connectivity index (χ3n) is 3.84. The second-order valence-electron chi connectivity index (χ2n) is 6.37. The molecule has 0 spiro atoms. The van der Waals surface area contributed by atoms with Crippen molar-refractivity contribution in [3.63, 3.8) is 0 Å². The van der Waals surface area contributed by atoms with Crippen LogP contribution < -0.4 is 5.32 Å². The highest BCUT2D eigenvalue weighted by molar-refractivity contribution is 6.20. The van der Waals surface area contributed by atoms with Gasteiger partial charge < -0.3 is 9.47 Å². The minimum Gasteiger partial charge on any atom is -0.378 e. The number of rotatable bonds is 7. The van der Waals surface area contributed by atoms with Gasteiger partial charge in [0.05, 0.1) is 6.10 Å². The molecule has 0 radical (unpaired) electrons. The van der Waals surface area contributed by atoms with Gasteiger partial charge in [0.15, 0.2) is 0 Å². The minimum absolute atomic E-state index is 0.0423. The zero-order valence-electron chi connectivity index (χ0n) is 13.1. The maximum Gasteiger partial charge on any atom is 0.121 e. The molecule has 1 fully saturated rings. The second kappa shape index (κ2) is 7.26. The van der Waals surface area contributed by atoms with Crippen LogP contribution >= 0.6 is 11.6 Å². The lowest BCUT2D eigenvalue weighted by Gasteiger charge is -2.48. The Morgan fingerprint density at radius 2 is 2.05 bits per heavy atom. The van der Waals surface area contributed by atoms with Crippen LogP contribution in [0.15, 0.2) is 0 Å². The Kier molecular flexibility index (Phi) is 6.58. The summed E-state index contributed by atoms with van der Waals surface area (Å²) < 4.78 is 11.7. The summed E-state index contributed by atoms with van der Waals surface area (Å²) in [4.78, 5) is 0. The first-order chi connectivity index (χ1) is 8.82. The number of ether oxygens (including phenoxy) is 2. The Labute approximate surface area is 123 Å². The fourth-order valence-electron chi connectivity index (χ4n) is 3.15. The molecule has 1 heterocycles. The van der Waals surface area contributed by atoms with Crippen molar-refractivity contribution in [1.82, 2.24) is 5.32 Å². The van der Waals surface area contributed by atoms with Gasteiger partial charge in [-0.1, -0.05) is 0 Å². The van der Waals surface area contributed by atoms with E-state index in [1.165, 1.54) is 0 Å². The molecule has 1 aliphatic heterocycles. The van der Waals surface area contributed by atoms with Crippen molar-refractivity contribution in [1.29, 1.82) is 0 Å². The van der Waals surface area contributed by atoms with E-state index in [-0.39, 0.29) is 22.7 Å². The first-order valence-electron chi connectivity index (χ1n) is 7.42. The average Bonchev–Trinajstić information content (AvgIpc) is 2.26. The predicted octanol–water partition coefficient (Wildman–Crippen LogP) is 3.69. The van der Waals surface area contributed by atoms with Crippen molar-refractivity contribution in [3.8, 4) is 0 Å². The lowest BCUT2D eigenvalue weighted by molar-refractivity contribution is -0.138. The number of piperidine rings is 1. The molecular formula is C15H30ClNO2. The van der Waals surface area contributed by atoms with Crippen molar-refractivity contribution in [2.75, 3.05) is 13.7 Å². The molecule has 0 aromatic rings. The van der Waals surface area contributed by atoms with Gasteiger partial charge in [-0.2, -0.15) is 0 Å². The molecule has 3 unspecified atom stereocenters. The third-order valence-corrected chi connectivity index (χ3v) is 4.06. The number of alkyl halides is 1. The standard InChI is InChI=1S/C15H30ClNO2/c1-6-19-13-10-14(3,4)17-15(11-13,18-5)9-7-8-12(2)16/h12-13,17H,6-11H2,1-5H3. The maximum absolute atomic E-state index is 6.03. The summed E-state index contributed by atoms with van der Waals surface area (Å²) in [6, 6.07) is 0. The normalized spacial score (nSPS) is 32.2. The number of methoxy groups -OCH3 is 1. The smallest absolute Gasteiger partial charge is 0.121 e. The van der Waals surface area contributed by atoms with Gasteiger partial charge in [0.25, 0.3) is 0 Å². The van der Waals surface area contributed by atoms with Crippen LogP contribution in [0.2, 0.25) is 0 Å². The maximum atomic E-state index is 6.03. The number of hydrogen-bond acceptors (Lipinski definition) is 3. The first-order valence-corrected chi connectivity index (χ1v) is 7.86. The van der Waals surface area contributed by atoms with Crippen LogP contribution in [-0.4, -0.2) is 36.5 Å². The summed E-state index contributed by atoms with van der Waals surface area (Å²) in [6.45, 7) is 9.30. The van der Waals surface area contributed by atoms with E-state index in [4.69, 9.17) is 21.1 Å². The Morgan fingerprint density at radius 1 is 1.37 bits per heavy atom. The van der Waals surface area contributed by atoms with Gasteiger partial charge in [-0.05, 0) is 53.4 Å². The zero-order chi connectivity index (χ0) is 14.5. The molecular weight excluding hydrogens is 262 g/mol. The summed E-state index contributed by atoms with van der Waals surface area (Å²) in [7, 11) is 1.79. The zero-order valence-corrected chi connectivity index (χ0v) is 13.8.